The van der Waals surface area contributed by atoms with Gasteiger partial charge in [0.05, 0.1) is 6.54 Å². The van der Waals surface area contributed by atoms with Crippen LogP contribution in [0.3, 0.4) is 0 Å². The number of hydrogen-bond acceptors (Lipinski definition) is 2. The third-order valence-corrected chi connectivity index (χ3v) is 4.38. The van der Waals surface area contributed by atoms with E-state index in [4.69, 9.17) is 0 Å². The smallest absolute Gasteiger partial charge is 0.357 e. The average Bonchev–Trinajstić information content (AvgIpc) is 2.97. The van der Waals surface area contributed by atoms with Crippen LogP contribution in [0, 0.1) is 11.6 Å². The fourth-order valence-corrected chi connectivity index (χ4v) is 3.09. The molecule has 1 aliphatic rings. The van der Waals surface area contributed by atoms with Gasteiger partial charge in [0, 0.05) is 44.2 Å². The van der Waals surface area contributed by atoms with E-state index >= 15 is 0 Å². The van der Waals surface area contributed by atoms with Crippen molar-refractivity contribution >= 4 is 5.96 Å². The Morgan fingerprint density at radius 3 is 2.70 bits per heavy atom. The summed E-state index contributed by atoms with van der Waals surface area (Å²) in [5.41, 5.74) is 0.369. The molecule has 1 aromatic rings. The van der Waals surface area contributed by atoms with Crippen LogP contribution in [0.4, 0.5) is 22.0 Å². The van der Waals surface area contributed by atoms with Gasteiger partial charge in [-0.25, -0.2) is 8.78 Å². The molecule has 1 fully saturated rings. The highest BCUT2D eigenvalue weighted by Crippen LogP contribution is 2.21. The summed E-state index contributed by atoms with van der Waals surface area (Å²) in [7, 11) is 0. The second-order valence-corrected chi connectivity index (χ2v) is 6.77. The molecular formula is C18H25F5N4. The quantitative estimate of drug-likeness (QED) is 0.444. The van der Waals surface area contributed by atoms with Gasteiger partial charge in [0.1, 0.15) is 11.6 Å². The van der Waals surface area contributed by atoms with Gasteiger partial charge in [0.25, 0.3) is 0 Å². The van der Waals surface area contributed by atoms with Crippen molar-refractivity contribution in [2.45, 2.75) is 38.4 Å². The summed E-state index contributed by atoms with van der Waals surface area (Å²) in [4.78, 5) is 5.77. The van der Waals surface area contributed by atoms with Crippen molar-refractivity contribution in [3.05, 3.63) is 35.4 Å². The molecule has 2 unspecified atom stereocenters. The predicted octanol–water partition coefficient (Wildman–Crippen LogP) is 3.26. The number of likely N-dealkylation sites (tertiary alicyclic amines) is 1. The third kappa shape index (κ3) is 6.97. The molecule has 2 N–H and O–H groups in total. The minimum absolute atomic E-state index is 0.136. The maximum Gasteiger partial charge on any atom is 0.401 e. The van der Waals surface area contributed by atoms with Gasteiger partial charge in [0.2, 0.25) is 0 Å². The van der Waals surface area contributed by atoms with E-state index in [0.717, 1.165) is 6.07 Å². The van der Waals surface area contributed by atoms with E-state index in [-0.39, 0.29) is 25.0 Å². The van der Waals surface area contributed by atoms with Crippen molar-refractivity contribution in [3.63, 3.8) is 0 Å². The summed E-state index contributed by atoms with van der Waals surface area (Å²) < 4.78 is 64.4. The molecule has 2 rings (SSSR count). The molecule has 152 valence electrons. The number of rotatable bonds is 6. The summed E-state index contributed by atoms with van der Waals surface area (Å²) in [6.07, 6.45) is -3.62. The molecule has 0 bridgehead atoms. The Morgan fingerprint density at radius 2 is 2.07 bits per heavy atom. The molecule has 0 saturated carbocycles. The first-order chi connectivity index (χ1) is 12.7. The maximum atomic E-state index is 13.9. The predicted molar refractivity (Wildman–Crippen MR) is 94.8 cm³/mol. The van der Waals surface area contributed by atoms with E-state index in [1.807, 2.05) is 6.92 Å². The van der Waals surface area contributed by atoms with E-state index in [1.54, 1.807) is 6.92 Å². The van der Waals surface area contributed by atoms with Crippen molar-refractivity contribution in [2.24, 2.45) is 4.99 Å². The Kier molecular flexibility index (Phi) is 7.41. The first kappa shape index (κ1) is 21.4. The summed E-state index contributed by atoms with van der Waals surface area (Å²) in [6, 6.07) is 3.31. The van der Waals surface area contributed by atoms with Crippen molar-refractivity contribution in [2.75, 3.05) is 32.7 Å². The fourth-order valence-electron chi connectivity index (χ4n) is 3.09. The summed E-state index contributed by atoms with van der Waals surface area (Å²) >= 11 is 0. The number of benzene rings is 1. The number of nitrogens with one attached hydrogen (secondary N) is 2. The number of alkyl halides is 3. The lowest BCUT2D eigenvalue weighted by Gasteiger charge is -2.20. The highest BCUT2D eigenvalue weighted by atomic mass is 19.4. The first-order valence-corrected chi connectivity index (χ1v) is 8.97. The molecule has 27 heavy (non-hydrogen) atoms. The molecule has 1 saturated heterocycles. The Hall–Kier alpha value is -1.90. The molecule has 1 aromatic carbocycles. The topological polar surface area (TPSA) is 39.7 Å². The second-order valence-electron chi connectivity index (χ2n) is 6.77. The summed E-state index contributed by atoms with van der Waals surface area (Å²) in [5.74, 6) is -1.04. The van der Waals surface area contributed by atoms with E-state index in [1.165, 1.54) is 17.0 Å². The van der Waals surface area contributed by atoms with Crippen LogP contribution >= 0.6 is 0 Å². The van der Waals surface area contributed by atoms with Crippen LogP contribution in [-0.2, 0) is 0 Å². The molecule has 0 spiro atoms. The number of hydrogen-bond donors (Lipinski definition) is 2. The number of nitrogens with zero attached hydrogens (tertiary/aromatic N) is 2. The van der Waals surface area contributed by atoms with Gasteiger partial charge >= 0.3 is 6.18 Å². The monoisotopic (exact) mass is 392 g/mol. The Labute approximate surface area is 155 Å². The van der Waals surface area contributed by atoms with Crippen LogP contribution in [0.2, 0.25) is 0 Å². The zero-order valence-corrected chi connectivity index (χ0v) is 15.4. The minimum Gasteiger partial charge on any atom is -0.357 e. The van der Waals surface area contributed by atoms with Gasteiger partial charge in [-0.3, -0.25) is 9.89 Å². The highest BCUT2D eigenvalue weighted by molar-refractivity contribution is 5.80. The van der Waals surface area contributed by atoms with Gasteiger partial charge < -0.3 is 10.6 Å². The lowest BCUT2D eigenvalue weighted by atomic mass is 10.0. The average molecular weight is 392 g/mol. The van der Waals surface area contributed by atoms with Crippen molar-refractivity contribution in [1.82, 2.24) is 15.5 Å². The van der Waals surface area contributed by atoms with Gasteiger partial charge in [-0.05, 0) is 25.0 Å². The van der Waals surface area contributed by atoms with Crippen LogP contribution in [-0.4, -0.2) is 55.8 Å². The lowest BCUT2D eigenvalue weighted by molar-refractivity contribution is -0.143. The molecule has 2 atom stereocenters. The first-order valence-electron chi connectivity index (χ1n) is 8.97. The number of aliphatic imine (C=N–C) groups is 1. The standard InChI is InChI=1S/C18H25F5N4/c1-3-24-17(26-14-6-7-27(10-14)11-18(21,22)23)25-9-12(2)15-5-4-13(19)8-16(15)20/h4-5,8,12,14H,3,6-7,9-11H2,1-2H3,(H2,24,25,26). The molecule has 1 aliphatic heterocycles. The molecule has 0 aliphatic carbocycles. The largest absolute Gasteiger partial charge is 0.401 e. The summed E-state index contributed by atoms with van der Waals surface area (Å²) in [6.45, 7) is 4.25. The Balaban J connectivity index is 1.94. The van der Waals surface area contributed by atoms with E-state index < -0.39 is 24.4 Å². The van der Waals surface area contributed by atoms with Gasteiger partial charge in [-0.2, -0.15) is 13.2 Å². The minimum atomic E-state index is -4.21. The Morgan fingerprint density at radius 1 is 1.33 bits per heavy atom. The third-order valence-electron chi connectivity index (χ3n) is 4.38. The fraction of sp³-hybridized carbons (Fsp3) is 0.611. The SMILES string of the molecule is CCNC(=NCC(C)c1ccc(F)cc1F)NC1CCN(CC(F)(F)F)C1. The molecule has 9 heteroatoms. The molecule has 0 radical (unpaired) electrons. The number of halogens is 5. The molecule has 4 nitrogen and oxygen atoms in total. The molecule has 0 amide bonds. The van der Waals surface area contributed by atoms with Crippen molar-refractivity contribution in [1.29, 1.82) is 0 Å². The van der Waals surface area contributed by atoms with Crippen LogP contribution in [0.25, 0.3) is 0 Å². The van der Waals surface area contributed by atoms with E-state index in [9.17, 15) is 22.0 Å². The van der Waals surface area contributed by atoms with E-state index in [2.05, 4.69) is 15.6 Å². The zero-order chi connectivity index (χ0) is 20.0. The van der Waals surface area contributed by atoms with Crippen LogP contribution < -0.4 is 10.6 Å². The second kappa shape index (κ2) is 9.34. The van der Waals surface area contributed by atoms with Crippen LogP contribution in [0.5, 0.6) is 0 Å². The van der Waals surface area contributed by atoms with Crippen molar-refractivity contribution < 1.29 is 22.0 Å². The van der Waals surface area contributed by atoms with Gasteiger partial charge in [-0.1, -0.05) is 13.0 Å². The van der Waals surface area contributed by atoms with Gasteiger partial charge in [0.15, 0.2) is 5.96 Å². The lowest BCUT2D eigenvalue weighted by Crippen LogP contribution is -2.45. The molecule has 1 heterocycles. The van der Waals surface area contributed by atoms with E-state index in [0.29, 0.717) is 31.0 Å². The van der Waals surface area contributed by atoms with Crippen LogP contribution in [0.15, 0.2) is 23.2 Å². The molecule has 0 aromatic heterocycles. The normalized spacial score (nSPS) is 20.0. The molecular weight excluding hydrogens is 367 g/mol. The van der Waals surface area contributed by atoms with Crippen LogP contribution in [0.1, 0.15) is 31.7 Å². The summed E-state index contributed by atoms with van der Waals surface area (Å²) in [5, 5.41) is 6.19. The Bertz CT molecular complexity index is 647. The van der Waals surface area contributed by atoms with Crippen molar-refractivity contribution in [3.8, 4) is 0 Å². The van der Waals surface area contributed by atoms with Gasteiger partial charge in [-0.15, -0.1) is 0 Å². The zero-order valence-electron chi connectivity index (χ0n) is 15.4. The highest BCUT2D eigenvalue weighted by Gasteiger charge is 2.34. The number of guanidine groups is 1. The maximum absolute atomic E-state index is 13.9.